The van der Waals surface area contributed by atoms with Crippen molar-refractivity contribution in [3.63, 3.8) is 0 Å². The maximum Gasteiger partial charge on any atom is 0.495 e. The minimum atomic E-state index is -0.523. The summed E-state index contributed by atoms with van der Waals surface area (Å²) in [6.45, 7) is 6.41. The molecule has 9 nitrogen and oxygen atoms in total. The molecular formula is C34H34BCl2N3O6. The summed E-state index contributed by atoms with van der Waals surface area (Å²) < 4.78 is 21.2. The number of esters is 2. The van der Waals surface area contributed by atoms with Crippen LogP contribution in [0.4, 0.5) is 0 Å². The van der Waals surface area contributed by atoms with Crippen molar-refractivity contribution in [2.75, 3.05) is 34.0 Å². The third kappa shape index (κ3) is 6.41. The maximum atomic E-state index is 11.9. The first-order valence-corrected chi connectivity index (χ1v) is 15.7. The van der Waals surface area contributed by atoms with Crippen LogP contribution in [0.2, 0.25) is 10.0 Å². The van der Waals surface area contributed by atoms with E-state index < -0.39 is 13.1 Å². The summed E-state index contributed by atoms with van der Waals surface area (Å²) in [5.41, 5.74) is 6.49. The molecule has 2 saturated heterocycles. The van der Waals surface area contributed by atoms with Crippen LogP contribution < -0.4 is 10.8 Å². The van der Waals surface area contributed by atoms with E-state index in [1.165, 1.54) is 26.2 Å². The van der Waals surface area contributed by atoms with E-state index in [9.17, 15) is 9.59 Å². The lowest BCUT2D eigenvalue weighted by molar-refractivity contribution is 0.0343. The van der Waals surface area contributed by atoms with Gasteiger partial charge in [0.2, 0.25) is 0 Å². The summed E-state index contributed by atoms with van der Waals surface area (Å²) in [5.74, 6) is -0.757. The quantitative estimate of drug-likeness (QED) is 0.142. The predicted molar refractivity (Wildman–Crippen MR) is 181 cm³/mol. The zero-order valence-electron chi connectivity index (χ0n) is 26.0. The molecule has 12 heteroatoms. The molecule has 0 radical (unpaired) electrons. The lowest BCUT2D eigenvalue weighted by Crippen LogP contribution is -2.47. The first-order valence-electron chi connectivity index (χ1n) is 14.9. The van der Waals surface area contributed by atoms with Gasteiger partial charge in [0.05, 0.1) is 30.4 Å². The molecule has 0 saturated carbocycles. The van der Waals surface area contributed by atoms with E-state index in [0.717, 1.165) is 44.9 Å². The number of rotatable bonds is 5. The van der Waals surface area contributed by atoms with Gasteiger partial charge in [-0.15, -0.1) is 0 Å². The smallest absolute Gasteiger partial charge is 0.465 e. The van der Waals surface area contributed by atoms with Crippen molar-refractivity contribution in [1.29, 1.82) is 0 Å². The van der Waals surface area contributed by atoms with Crippen molar-refractivity contribution < 1.29 is 28.4 Å². The Morgan fingerprint density at radius 3 is 1.91 bits per heavy atom. The third-order valence-corrected chi connectivity index (χ3v) is 8.97. The topological polar surface area (TPSA) is 115 Å². The Kier molecular flexibility index (Phi) is 9.18. The van der Waals surface area contributed by atoms with Crippen molar-refractivity contribution in [2.24, 2.45) is 5.41 Å². The molecule has 3 aromatic carbocycles. The second kappa shape index (κ2) is 13.1. The van der Waals surface area contributed by atoms with Gasteiger partial charge in [0.1, 0.15) is 0 Å². The van der Waals surface area contributed by atoms with Gasteiger partial charge < -0.3 is 34.1 Å². The van der Waals surface area contributed by atoms with Crippen LogP contribution >= 0.6 is 23.2 Å². The molecule has 2 aromatic heterocycles. The number of halogens is 2. The first kappa shape index (κ1) is 32.2. The molecule has 2 fully saturated rings. The summed E-state index contributed by atoms with van der Waals surface area (Å²) in [7, 11) is 2.21. The zero-order chi connectivity index (χ0) is 32.6. The number of nitrogens with one attached hydrogen (secondary N) is 3. The van der Waals surface area contributed by atoms with Crippen molar-refractivity contribution in [3.8, 4) is 11.1 Å². The number of hydrogen-bond donors (Lipinski definition) is 3. The molecule has 46 heavy (non-hydrogen) atoms. The van der Waals surface area contributed by atoms with Crippen LogP contribution in [0.3, 0.4) is 0 Å². The summed E-state index contributed by atoms with van der Waals surface area (Å²) in [6, 6.07) is 16.3. The van der Waals surface area contributed by atoms with Crippen molar-refractivity contribution >= 4 is 69.5 Å². The fourth-order valence-corrected chi connectivity index (χ4v) is 6.13. The number of methoxy groups -OCH3 is 2. The number of aromatic amines is 2. The van der Waals surface area contributed by atoms with Gasteiger partial charge in [-0.2, -0.15) is 0 Å². The van der Waals surface area contributed by atoms with E-state index in [4.69, 9.17) is 42.0 Å². The largest absolute Gasteiger partial charge is 0.495 e. The summed E-state index contributed by atoms with van der Waals surface area (Å²) in [5, 5.41) is 6.13. The van der Waals surface area contributed by atoms with Crippen molar-refractivity contribution in [1.82, 2.24) is 15.3 Å². The van der Waals surface area contributed by atoms with Gasteiger partial charge in [-0.05, 0) is 42.3 Å². The molecule has 2 aliphatic rings. The normalized spacial score (nSPS) is 17.3. The number of carbonyl (C=O) groups excluding carboxylic acids is 2. The number of ether oxygens (including phenoxy) is 2. The Balaban J connectivity index is 0.000000162. The van der Waals surface area contributed by atoms with Gasteiger partial charge >= 0.3 is 19.1 Å². The highest BCUT2D eigenvalue weighted by molar-refractivity contribution is 6.65. The lowest BCUT2D eigenvalue weighted by atomic mass is 9.75. The molecule has 1 atom stereocenters. The Labute approximate surface area is 277 Å². The third-order valence-electron chi connectivity index (χ3n) is 8.33. The Morgan fingerprint density at radius 1 is 0.848 bits per heavy atom. The van der Waals surface area contributed by atoms with Crippen LogP contribution in [0.25, 0.3) is 32.9 Å². The summed E-state index contributed by atoms with van der Waals surface area (Å²) >= 11 is 12.8. The number of benzene rings is 3. The van der Waals surface area contributed by atoms with Gasteiger partial charge in [0.25, 0.3) is 0 Å². The molecule has 0 amide bonds. The lowest BCUT2D eigenvalue weighted by Gasteiger charge is -2.33. The SMILES string of the molecule is COC(=O)c1c[nH]c2cc(Cl)c(-c3ccc(C4CCN4)cc3)cc12.COC(=O)c1c[nH]c2cc(Cl)c(B3OCC(C)(C)CO3)cc12. The minimum Gasteiger partial charge on any atom is -0.465 e. The molecule has 5 aromatic rings. The predicted octanol–water partition coefficient (Wildman–Crippen LogP) is 6.69. The van der Waals surface area contributed by atoms with E-state index in [1.807, 2.05) is 18.2 Å². The van der Waals surface area contributed by atoms with Crippen LogP contribution in [0.5, 0.6) is 0 Å². The van der Waals surface area contributed by atoms with Crippen LogP contribution in [0.1, 0.15) is 52.6 Å². The van der Waals surface area contributed by atoms with Gasteiger partial charge in [0, 0.05) is 74.9 Å². The molecule has 0 aliphatic carbocycles. The van der Waals surface area contributed by atoms with Crippen molar-refractivity contribution in [3.05, 3.63) is 87.7 Å². The Bertz CT molecular complexity index is 1910. The van der Waals surface area contributed by atoms with Crippen LogP contribution in [-0.4, -0.2) is 63.0 Å². The highest BCUT2D eigenvalue weighted by atomic mass is 35.5. The first-order chi connectivity index (χ1) is 22.1. The fraction of sp³-hybridized carbons (Fsp3) is 0.294. The molecule has 1 unspecified atom stereocenters. The molecule has 0 bridgehead atoms. The second-order valence-electron chi connectivity index (χ2n) is 12.2. The highest BCUT2D eigenvalue weighted by Gasteiger charge is 2.35. The molecule has 3 N–H and O–H groups in total. The fourth-order valence-electron chi connectivity index (χ4n) is 5.60. The standard InChI is InChI=1S/C19H17ClN2O2.C15H17BClNO4/c1-24-19(23)15-10-22-18-9-16(20)13(8-14(15)18)11-2-4-12(5-3-11)17-6-7-21-17;1-15(2)7-21-16(22-8-15)11-4-9-10(14(19)20-3)6-18-13(9)5-12(11)17/h2-5,8-10,17,21-22H,6-7H2,1H3;4-6,18H,7-8H2,1-3H3. The average molecular weight is 662 g/mol. The second-order valence-corrected chi connectivity index (χ2v) is 13.0. The van der Waals surface area contributed by atoms with E-state index in [-0.39, 0.29) is 11.4 Å². The number of aromatic nitrogens is 2. The molecule has 4 heterocycles. The molecule has 238 valence electrons. The average Bonchev–Trinajstić information content (AvgIpc) is 3.63. The minimum absolute atomic E-state index is 0.0155. The van der Waals surface area contributed by atoms with Crippen molar-refractivity contribution in [2.45, 2.75) is 26.3 Å². The molecular weight excluding hydrogens is 628 g/mol. The van der Waals surface area contributed by atoms with Gasteiger partial charge in [-0.3, -0.25) is 0 Å². The van der Waals surface area contributed by atoms with E-state index in [2.05, 4.69) is 53.4 Å². The molecule has 2 aliphatic heterocycles. The summed E-state index contributed by atoms with van der Waals surface area (Å²) in [4.78, 5) is 29.8. The number of carbonyl (C=O) groups is 2. The van der Waals surface area contributed by atoms with Gasteiger partial charge in [-0.25, -0.2) is 9.59 Å². The number of H-pyrrole nitrogens is 2. The van der Waals surface area contributed by atoms with Crippen LogP contribution in [0.15, 0.2) is 60.9 Å². The monoisotopic (exact) mass is 661 g/mol. The van der Waals surface area contributed by atoms with E-state index in [0.29, 0.717) is 40.4 Å². The zero-order valence-corrected chi connectivity index (χ0v) is 27.5. The highest BCUT2D eigenvalue weighted by Crippen LogP contribution is 2.35. The van der Waals surface area contributed by atoms with Crippen LogP contribution in [-0.2, 0) is 18.8 Å². The Morgan fingerprint density at radius 2 is 1.39 bits per heavy atom. The maximum absolute atomic E-state index is 11.9. The van der Waals surface area contributed by atoms with Crippen LogP contribution in [0, 0.1) is 5.41 Å². The Hall–Kier alpha value is -3.80. The summed E-state index contributed by atoms with van der Waals surface area (Å²) in [6.07, 6.45) is 4.45. The van der Waals surface area contributed by atoms with Gasteiger partial charge in [-0.1, -0.05) is 67.4 Å². The van der Waals surface area contributed by atoms with E-state index >= 15 is 0 Å². The number of fused-ring (bicyclic) bond motifs is 2. The number of hydrogen-bond acceptors (Lipinski definition) is 7. The molecule has 0 spiro atoms. The van der Waals surface area contributed by atoms with Gasteiger partial charge in [0.15, 0.2) is 0 Å². The molecule has 7 rings (SSSR count). The van der Waals surface area contributed by atoms with E-state index in [1.54, 1.807) is 18.5 Å².